The van der Waals surface area contributed by atoms with Gasteiger partial charge in [-0.05, 0) is 31.8 Å². The summed E-state index contributed by atoms with van der Waals surface area (Å²) in [5.41, 5.74) is 0.812. The summed E-state index contributed by atoms with van der Waals surface area (Å²) in [6.45, 7) is 0. The van der Waals surface area contributed by atoms with E-state index in [0.29, 0.717) is 0 Å². The number of allylic oxidation sites excluding steroid dienone is 2. The van der Waals surface area contributed by atoms with E-state index in [9.17, 15) is 0 Å². The second kappa shape index (κ2) is 3.28. The van der Waals surface area contributed by atoms with Gasteiger partial charge in [0.2, 0.25) is 0 Å². The summed E-state index contributed by atoms with van der Waals surface area (Å²) in [4.78, 5) is 0. The average Bonchev–Trinajstić information content (AvgIpc) is 2.13. The van der Waals surface area contributed by atoms with Gasteiger partial charge in [0.15, 0.2) is 0 Å². The van der Waals surface area contributed by atoms with Crippen molar-refractivity contribution in [3.8, 4) is 0 Å². The van der Waals surface area contributed by atoms with Crippen LogP contribution in [-0.2, 0) is 0 Å². The summed E-state index contributed by atoms with van der Waals surface area (Å²) in [5, 5.41) is 11.5. The van der Waals surface area contributed by atoms with Crippen LogP contribution < -0.4 is 0 Å². The molecule has 0 radical (unpaired) electrons. The largest absolute Gasteiger partial charge is 0.411 e. The summed E-state index contributed by atoms with van der Waals surface area (Å²) in [7, 11) is 0. The first kappa shape index (κ1) is 6.33. The Labute approximate surface area is 54.9 Å². The first-order valence-electron chi connectivity index (χ1n) is 3.31. The molecule has 0 saturated heterocycles. The van der Waals surface area contributed by atoms with Crippen LogP contribution in [0, 0.1) is 0 Å². The monoisotopic (exact) mass is 125 g/mol. The molecule has 0 aliphatic heterocycles. The number of oxime groups is 1. The standard InChI is InChI=1S/C7H11NO/c9-8-7-5-3-1-2-4-6-7/h3,5,9H,1-2,4,6H2. The van der Waals surface area contributed by atoms with E-state index in [1.807, 2.05) is 6.08 Å². The number of rotatable bonds is 0. The minimum absolute atomic E-state index is 0.812. The number of hydrogen-bond donors (Lipinski definition) is 1. The maximum absolute atomic E-state index is 8.35. The molecule has 1 rings (SSSR count). The van der Waals surface area contributed by atoms with E-state index >= 15 is 0 Å². The lowest BCUT2D eigenvalue weighted by atomic mass is 10.2. The van der Waals surface area contributed by atoms with Gasteiger partial charge < -0.3 is 5.21 Å². The fourth-order valence-electron chi connectivity index (χ4n) is 0.954. The highest BCUT2D eigenvalue weighted by molar-refractivity contribution is 5.94. The van der Waals surface area contributed by atoms with Crippen molar-refractivity contribution in [1.29, 1.82) is 0 Å². The molecule has 0 saturated carbocycles. The fraction of sp³-hybridized carbons (Fsp3) is 0.571. The highest BCUT2D eigenvalue weighted by atomic mass is 16.4. The third-order valence-electron chi connectivity index (χ3n) is 1.49. The van der Waals surface area contributed by atoms with Crippen molar-refractivity contribution in [2.75, 3.05) is 0 Å². The van der Waals surface area contributed by atoms with Gasteiger partial charge in [-0.15, -0.1) is 0 Å². The van der Waals surface area contributed by atoms with Crippen LogP contribution in [0.25, 0.3) is 0 Å². The van der Waals surface area contributed by atoms with Crippen molar-refractivity contribution in [2.24, 2.45) is 5.16 Å². The van der Waals surface area contributed by atoms with Gasteiger partial charge in [0.05, 0.1) is 5.71 Å². The van der Waals surface area contributed by atoms with Crippen molar-refractivity contribution < 1.29 is 5.21 Å². The number of nitrogens with zero attached hydrogens (tertiary/aromatic N) is 1. The van der Waals surface area contributed by atoms with Crippen LogP contribution in [-0.4, -0.2) is 10.9 Å². The van der Waals surface area contributed by atoms with E-state index in [4.69, 9.17) is 5.21 Å². The molecular weight excluding hydrogens is 114 g/mol. The molecule has 0 amide bonds. The highest BCUT2D eigenvalue weighted by Crippen LogP contribution is 2.07. The first-order chi connectivity index (χ1) is 4.43. The molecule has 0 aromatic heterocycles. The molecule has 0 aromatic rings. The van der Waals surface area contributed by atoms with Crippen LogP contribution in [0.3, 0.4) is 0 Å². The zero-order valence-electron chi connectivity index (χ0n) is 5.38. The summed E-state index contributed by atoms with van der Waals surface area (Å²) in [6, 6.07) is 0. The SMILES string of the molecule is ON=C1C=CCCCC1. The van der Waals surface area contributed by atoms with Crippen molar-refractivity contribution in [1.82, 2.24) is 0 Å². The van der Waals surface area contributed by atoms with Crippen molar-refractivity contribution in [2.45, 2.75) is 25.7 Å². The molecule has 0 unspecified atom stereocenters. The van der Waals surface area contributed by atoms with E-state index in [-0.39, 0.29) is 0 Å². The first-order valence-corrected chi connectivity index (χ1v) is 3.31. The van der Waals surface area contributed by atoms with Crippen LogP contribution in [0.15, 0.2) is 17.3 Å². The minimum Gasteiger partial charge on any atom is -0.411 e. The van der Waals surface area contributed by atoms with Crippen molar-refractivity contribution in [3.63, 3.8) is 0 Å². The third-order valence-corrected chi connectivity index (χ3v) is 1.49. The summed E-state index contributed by atoms with van der Waals surface area (Å²) in [5.74, 6) is 0. The van der Waals surface area contributed by atoms with Crippen molar-refractivity contribution >= 4 is 5.71 Å². The predicted octanol–water partition coefficient (Wildman–Crippen LogP) is 1.95. The van der Waals surface area contributed by atoms with E-state index in [0.717, 1.165) is 25.0 Å². The Hall–Kier alpha value is -0.790. The van der Waals surface area contributed by atoms with Crippen molar-refractivity contribution in [3.05, 3.63) is 12.2 Å². The normalized spacial score (nSPS) is 24.2. The summed E-state index contributed by atoms with van der Waals surface area (Å²) >= 11 is 0. The van der Waals surface area contributed by atoms with E-state index < -0.39 is 0 Å². The van der Waals surface area contributed by atoms with Crippen LogP contribution in [0.2, 0.25) is 0 Å². The predicted molar refractivity (Wildman–Crippen MR) is 36.8 cm³/mol. The molecule has 0 fully saturated rings. The number of hydrogen-bond acceptors (Lipinski definition) is 2. The molecule has 0 bridgehead atoms. The van der Waals surface area contributed by atoms with Gasteiger partial charge in [0, 0.05) is 0 Å². The van der Waals surface area contributed by atoms with Gasteiger partial charge in [-0.1, -0.05) is 11.2 Å². The Morgan fingerprint density at radius 2 is 2.33 bits per heavy atom. The van der Waals surface area contributed by atoms with Crippen LogP contribution >= 0.6 is 0 Å². The zero-order chi connectivity index (χ0) is 6.53. The molecule has 0 aromatic carbocycles. The lowest BCUT2D eigenvalue weighted by molar-refractivity contribution is 0.318. The van der Waals surface area contributed by atoms with Crippen LogP contribution in [0.5, 0.6) is 0 Å². The van der Waals surface area contributed by atoms with Gasteiger partial charge >= 0.3 is 0 Å². The Morgan fingerprint density at radius 1 is 1.44 bits per heavy atom. The van der Waals surface area contributed by atoms with Gasteiger partial charge in [-0.3, -0.25) is 0 Å². The molecule has 2 heteroatoms. The Bertz CT molecular complexity index is 138. The van der Waals surface area contributed by atoms with Gasteiger partial charge in [-0.2, -0.15) is 0 Å². The molecule has 0 heterocycles. The lowest BCUT2D eigenvalue weighted by Crippen LogP contribution is -1.89. The van der Waals surface area contributed by atoms with Crippen LogP contribution in [0.1, 0.15) is 25.7 Å². The smallest absolute Gasteiger partial charge is 0.0792 e. The van der Waals surface area contributed by atoms with Gasteiger partial charge in [0.1, 0.15) is 0 Å². The second-order valence-electron chi connectivity index (χ2n) is 2.24. The van der Waals surface area contributed by atoms with E-state index in [1.165, 1.54) is 6.42 Å². The lowest BCUT2D eigenvalue weighted by Gasteiger charge is -1.90. The Balaban J connectivity index is 2.52. The quantitative estimate of drug-likeness (QED) is 0.389. The maximum atomic E-state index is 8.35. The molecule has 1 aliphatic carbocycles. The molecular formula is C7H11NO. The molecule has 0 atom stereocenters. The van der Waals surface area contributed by atoms with Gasteiger partial charge in [0.25, 0.3) is 0 Å². The molecule has 9 heavy (non-hydrogen) atoms. The van der Waals surface area contributed by atoms with Crippen LogP contribution in [0.4, 0.5) is 0 Å². The molecule has 0 spiro atoms. The minimum atomic E-state index is 0.812. The summed E-state index contributed by atoms with van der Waals surface area (Å²) in [6.07, 6.45) is 8.36. The Morgan fingerprint density at radius 3 is 3.11 bits per heavy atom. The van der Waals surface area contributed by atoms with E-state index in [2.05, 4.69) is 11.2 Å². The molecule has 2 nitrogen and oxygen atoms in total. The molecule has 1 N–H and O–H groups in total. The van der Waals surface area contributed by atoms with E-state index in [1.54, 1.807) is 0 Å². The Kier molecular flexibility index (Phi) is 2.31. The third kappa shape index (κ3) is 1.88. The summed E-state index contributed by atoms with van der Waals surface area (Å²) < 4.78 is 0. The maximum Gasteiger partial charge on any atom is 0.0792 e. The topological polar surface area (TPSA) is 32.6 Å². The highest BCUT2D eigenvalue weighted by Gasteiger charge is 1.98. The molecule has 50 valence electrons. The fourth-order valence-corrected chi connectivity index (χ4v) is 0.954. The molecule has 1 aliphatic rings. The zero-order valence-corrected chi connectivity index (χ0v) is 5.38. The average molecular weight is 125 g/mol. The second-order valence-corrected chi connectivity index (χ2v) is 2.24. The van der Waals surface area contributed by atoms with Gasteiger partial charge in [-0.25, -0.2) is 0 Å².